The summed E-state index contributed by atoms with van der Waals surface area (Å²) < 4.78 is 16.7. The maximum Gasteiger partial charge on any atom is 0.226 e. The third-order valence-electron chi connectivity index (χ3n) is 3.58. The van der Waals surface area contributed by atoms with Crippen LogP contribution in [-0.4, -0.2) is 24.8 Å². The number of hydrogen-bond donors (Lipinski definition) is 0. The van der Waals surface area contributed by atoms with Crippen LogP contribution in [0, 0.1) is 0 Å². The lowest BCUT2D eigenvalue weighted by Gasteiger charge is -2.10. The maximum absolute atomic E-state index is 5.78. The molecule has 0 amide bonds. The highest BCUT2D eigenvalue weighted by atomic mass is 16.5. The Kier molecular flexibility index (Phi) is 5.64. The highest BCUT2D eigenvalue weighted by Gasteiger charge is 2.10. The summed E-state index contributed by atoms with van der Waals surface area (Å²) in [6.45, 7) is 4.01. The van der Waals surface area contributed by atoms with E-state index in [1.807, 2.05) is 36.4 Å². The summed E-state index contributed by atoms with van der Waals surface area (Å²) in [4.78, 5) is 4.26. The van der Waals surface area contributed by atoms with E-state index in [-0.39, 0.29) is 0 Å². The smallest absolute Gasteiger partial charge is 0.226 e. The molecule has 24 heavy (non-hydrogen) atoms. The molecular weight excluding hydrogens is 302 g/mol. The van der Waals surface area contributed by atoms with Crippen molar-refractivity contribution in [1.29, 1.82) is 0 Å². The summed E-state index contributed by atoms with van der Waals surface area (Å²) >= 11 is 0. The minimum Gasteiger partial charge on any atom is -0.491 e. The van der Waals surface area contributed by atoms with E-state index >= 15 is 0 Å². The first kappa shape index (κ1) is 16.3. The van der Waals surface area contributed by atoms with Crippen molar-refractivity contribution in [2.75, 3.05) is 19.8 Å². The number of nitrogens with zero attached hydrogens (tertiary/aromatic N) is 1. The zero-order chi connectivity index (χ0) is 16.6. The molecule has 0 saturated heterocycles. The van der Waals surface area contributed by atoms with E-state index in [0.717, 1.165) is 35.5 Å². The van der Waals surface area contributed by atoms with Crippen molar-refractivity contribution in [2.24, 2.45) is 0 Å². The van der Waals surface area contributed by atoms with Gasteiger partial charge in [-0.15, -0.1) is 0 Å². The molecule has 0 bridgehead atoms. The summed E-state index contributed by atoms with van der Waals surface area (Å²) in [6.07, 6.45) is 4.26. The number of oxazole rings is 1. The van der Waals surface area contributed by atoms with Crippen LogP contribution in [0.1, 0.15) is 13.3 Å². The van der Waals surface area contributed by atoms with E-state index in [4.69, 9.17) is 13.9 Å². The van der Waals surface area contributed by atoms with Gasteiger partial charge in [0.1, 0.15) is 18.6 Å². The second-order valence-electron chi connectivity index (χ2n) is 5.37. The average Bonchev–Trinajstić information content (AvgIpc) is 3.16. The van der Waals surface area contributed by atoms with Crippen LogP contribution in [0.15, 0.2) is 65.4 Å². The fourth-order valence-corrected chi connectivity index (χ4v) is 2.50. The molecule has 4 nitrogen and oxygen atoms in total. The second-order valence-corrected chi connectivity index (χ2v) is 5.37. The number of hydrogen-bond acceptors (Lipinski definition) is 4. The number of rotatable bonds is 8. The predicted octanol–water partition coefficient (Wildman–Crippen LogP) is 4.81. The van der Waals surface area contributed by atoms with Crippen molar-refractivity contribution in [3.8, 4) is 28.3 Å². The summed E-state index contributed by atoms with van der Waals surface area (Å²) in [6, 6.07) is 16.1. The normalized spacial score (nSPS) is 10.7. The highest BCUT2D eigenvalue weighted by Crippen LogP contribution is 2.32. The van der Waals surface area contributed by atoms with Gasteiger partial charge in [0.05, 0.1) is 12.8 Å². The van der Waals surface area contributed by atoms with Gasteiger partial charge in [0.15, 0.2) is 0 Å². The van der Waals surface area contributed by atoms with Crippen molar-refractivity contribution < 1.29 is 13.9 Å². The SMILES string of the molecule is CCCOCCOc1cccc(-c2ccccc2-c2ncco2)c1. The highest BCUT2D eigenvalue weighted by molar-refractivity contribution is 5.80. The Balaban J connectivity index is 1.77. The van der Waals surface area contributed by atoms with Crippen molar-refractivity contribution in [1.82, 2.24) is 4.98 Å². The molecule has 2 aromatic carbocycles. The molecule has 0 N–H and O–H groups in total. The molecule has 1 aromatic heterocycles. The summed E-state index contributed by atoms with van der Waals surface area (Å²) in [5.74, 6) is 1.44. The van der Waals surface area contributed by atoms with Gasteiger partial charge in [-0.1, -0.05) is 37.3 Å². The number of aromatic nitrogens is 1. The topological polar surface area (TPSA) is 44.5 Å². The third kappa shape index (κ3) is 4.03. The monoisotopic (exact) mass is 323 g/mol. The third-order valence-corrected chi connectivity index (χ3v) is 3.58. The van der Waals surface area contributed by atoms with Crippen LogP contribution in [0.2, 0.25) is 0 Å². The second kappa shape index (κ2) is 8.31. The molecule has 0 aliphatic carbocycles. The molecule has 0 saturated carbocycles. The molecule has 1 heterocycles. The van der Waals surface area contributed by atoms with Crippen LogP contribution in [0.25, 0.3) is 22.6 Å². The Morgan fingerprint density at radius 1 is 0.958 bits per heavy atom. The van der Waals surface area contributed by atoms with Gasteiger partial charge < -0.3 is 13.9 Å². The van der Waals surface area contributed by atoms with E-state index in [2.05, 4.69) is 24.0 Å². The number of benzene rings is 2. The minimum atomic E-state index is 0.546. The van der Waals surface area contributed by atoms with Gasteiger partial charge in [-0.25, -0.2) is 4.98 Å². The van der Waals surface area contributed by atoms with Gasteiger partial charge in [0, 0.05) is 12.2 Å². The molecule has 0 aliphatic heterocycles. The lowest BCUT2D eigenvalue weighted by atomic mass is 9.99. The lowest BCUT2D eigenvalue weighted by molar-refractivity contribution is 0.101. The predicted molar refractivity (Wildman–Crippen MR) is 94.0 cm³/mol. The molecule has 0 aliphatic rings. The molecule has 4 heteroatoms. The van der Waals surface area contributed by atoms with Gasteiger partial charge in [-0.3, -0.25) is 0 Å². The van der Waals surface area contributed by atoms with Crippen LogP contribution in [0.5, 0.6) is 5.75 Å². The molecule has 0 unspecified atom stereocenters. The van der Waals surface area contributed by atoms with Crippen LogP contribution in [-0.2, 0) is 4.74 Å². The van der Waals surface area contributed by atoms with Gasteiger partial charge in [0.25, 0.3) is 0 Å². The first-order chi connectivity index (χ1) is 11.9. The van der Waals surface area contributed by atoms with Gasteiger partial charge >= 0.3 is 0 Å². The first-order valence-electron chi connectivity index (χ1n) is 8.18. The van der Waals surface area contributed by atoms with Crippen molar-refractivity contribution in [2.45, 2.75) is 13.3 Å². The summed E-state index contributed by atoms with van der Waals surface area (Å²) in [5.41, 5.74) is 3.09. The fourth-order valence-electron chi connectivity index (χ4n) is 2.50. The van der Waals surface area contributed by atoms with Crippen LogP contribution >= 0.6 is 0 Å². The Morgan fingerprint density at radius 3 is 2.62 bits per heavy atom. The molecule has 3 aromatic rings. The van der Waals surface area contributed by atoms with Crippen molar-refractivity contribution in [3.63, 3.8) is 0 Å². The largest absolute Gasteiger partial charge is 0.491 e. The lowest BCUT2D eigenvalue weighted by Crippen LogP contribution is -2.07. The molecule has 0 atom stereocenters. The Morgan fingerprint density at radius 2 is 1.83 bits per heavy atom. The average molecular weight is 323 g/mol. The Labute approximate surface area is 142 Å². The van der Waals surface area contributed by atoms with Gasteiger partial charge in [-0.05, 0) is 35.7 Å². The van der Waals surface area contributed by atoms with Gasteiger partial charge in [0.2, 0.25) is 5.89 Å². The molecule has 124 valence electrons. The summed E-state index contributed by atoms with van der Waals surface area (Å²) in [7, 11) is 0. The quantitative estimate of drug-likeness (QED) is 0.558. The minimum absolute atomic E-state index is 0.546. The Hall–Kier alpha value is -2.59. The molecule has 0 spiro atoms. The standard InChI is InChI=1S/C20H21NO3/c1-2-11-22-13-14-23-17-7-5-6-16(15-17)18-8-3-4-9-19(18)20-21-10-12-24-20/h3-10,12,15H,2,11,13-14H2,1H3. The van der Waals surface area contributed by atoms with Crippen molar-refractivity contribution in [3.05, 3.63) is 61.0 Å². The van der Waals surface area contributed by atoms with Gasteiger partial charge in [-0.2, -0.15) is 0 Å². The Bertz CT molecular complexity index is 753. The number of ether oxygens (including phenoxy) is 2. The van der Waals surface area contributed by atoms with E-state index in [1.165, 1.54) is 0 Å². The molecule has 0 fully saturated rings. The molecule has 3 rings (SSSR count). The van der Waals surface area contributed by atoms with E-state index in [9.17, 15) is 0 Å². The zero-order valence-corrected chi connectivity index (χ0v) is 13.8. The van der Waals surface area contributed by atoms with Crippen LogP contribution < -0.4 is 4.74 Å². The first-order valence-corrected chi connectivity index (χ1v) is 8.18. The fraction of sp³-hybridized carbons (Fsp3) is 0.250. The summed E-state index contributed by atoms with van der Waals surface area (Å²) in [5, 5.41) is 0. The van der Waals surface area contributed by atoms with E-state index < -0.39 is 0 Å². The van der Waals surface area contributed by atoms with Crippen LogP contribution in [0.4, 0.5) is 0 Å². The zero-order valence-electron chi connectivity index (χ0n) is 13.8. The van der Waals surface area contributed by atoms with Crippen LogP contribution in [0.3, 0.4) is 0 Å². The van der Waals surface area contributed by atoms with E-state index in [1.54, 1.807) is 12.5 Å². The molecular formula is C20H21NO3. The molecule has 0 radical (unpaired) electrons. The van der Waals surface area contributed by atoms with Crippen molar-refractivity contribution >= 4 is 0 Å². The van der Waals surface area contributed by atoms with E-state index in [0.29, 0.717) is 19.1 Å². The maximum atomic E-state index is 5.78.